The third-order valence-electron chi connectivity index (χ3n) is 8.03. The van der Waals surface area contributed by atoms with Gasteiger partial charge in [-0.05, 0) is 49.9 Å². The Bertz CT molecular complexity index is 1060. The lowest BCUT2D eigenvalue weighted by Gasteiger charge is -2.48. The molecule has 0 bridgehead atoms. The summed E-state index contributed by atoms with van der Waals surface area (Å²) in [5.74, 6) is 2.32. The van der Waals surface area contributed by atoms with Crippen molar-refractivity contribution in [1.82, 2.24) is 14.9 Å². The van der Waals surface area contributed by atoms with Gasteiger partial charge in [0, 0.05) is 49.3 Å². The summed E-state index contributed by atoms with van der Waals surface area (Å²) in [5.41, 5.74) is 0.823. The molecule has 1 aliphatic carbocycles. The average Bonchev–Trinajstić information content (AvgIpc) is 3.29. The van der Waals surface area contributed by atoms with Crippen LogP contribution in [0, 0.1) is 11.3 Å². The number of rotatable bonds is 5. The number of nitrogens with zero attached hydrogens (tertiary/aromatic N) is 3. The minimum Gasteiger partial charge on any atom is -0.356 e. The molecule has 2 N–H and O–H groups in total. The summed E-state index contributed by atoms with van der Waals surface area (Å²) in [6.07, 6.45) is 6.09. The van der Waals surface area contributed by atoms with Crippen LogP contribution in [0.4, 0.5) is 11.6 Å². The van der Waals surface area contributed by atoms with Gasteiger partial charge in [0.1, 0.15) is 11.6 Å². The van der Waals surface area contributed by atoms with Gasteiger partial charge in [-0.15, -0.1) is 0 Å². The van der Waals surface area contributed by atoms with Crippen molar-refractivity contribution in [1.29, 1.82) is 0 Å². The van der Waals surface area contributed by atoms with Crippen LogP contribution in [0.3, 0.4) is 0 Å². The first kappa shape index (κ1) is 22.0. The van der Waals surface area contributed by atoms with E-state index in [2.05, 4.69) is 69.3 Å². The first-order valence-electron chi connectivity index (χ1n) is 12.3. The minimum absolute atomic E-state index is 0.120. The largest absolute Gasteiger partial charge is 0.356 e. The molecule has 5 rings (SSSR count). The first-order chi connectivity index (χ1) is 16.0. The van der Waals surface area contributed by atoms with E-state index in [1.165, 1.54) is 23.1 Å². The van der Waals surface area contributed by atoms with Gasteiger partial charge in [0.05, 0.1) is 5.41 Å². The summed E-state index contributed by atoms with van der Waals surface area (Å²) < 4.78 is 0. The van der Waals surface area contributed by atoms with Crippen molar-refractivity contribution in [3.8, 4) is 0 Å². The zero-order valence-electron chi connectivity index (χ0n) is 19.8. The fourth-order valence-electron chi connectivity index (χ4n) is 5.96. The molecule has 174 valence electrons. The van der Waals surface area contributed by atoms with E-state index in [-0.39, 0.29) is 11.3 Å². The predicted octanol–water partition coefficient (Wildman–Crippen LogP) is 4.91. The summed E-state index contributed by atoms with van der Waals surface area (Å²) in [4.78, 5) is 26.4. The number of aromatic nitrogens is 2. The van der Waals surface area contributed by atoms with Crippen LogP contribution in [-0.2, 0) is 4.79 Å². The normalized spacial score (nSPS) is 25.2. The molecule has 1 amide bonds. The molecule has 1 saturated heterocycles. The quantitative estimate of drug-likeness (QED) is 0.586. The minimum atomic E-state index is -0.372. The van der Waals surface area contributed by atoms with Gasteiger partial charge in [0.2, 0.25) is 5.91 Å². The van der Waals surface area contributed by atoms with Gasteiger partial charge in [-0.3, -0.25) is 9.69 Å². The Morgan fingerprint density at radius 2 is 1.91 bits per heavy atom. The number of benzene rings is 1. The lowest BCUT2D eigenvalue weighted by Crippen LogP contribution is -2.56. The van der Waals surface area contributed by atoms with E-state index in [0.29, 0.717) is 17.8 Å². The lowest BCUT2D eigenvalue weighted by molar-refractivity contribution is -0.132. The first-order valence-corrected chi connectivity index (χ1v) is 12.3. The van der Waals surface area contributed by atoms with Crippen molar-refractivity contribution in [2.24, 2.45) is 11.3 Å². The number of para-hydroxylation sites is 1. The number of fused-ring (bicyclic) bond motifs is 1. The van der Waals surface area contributed by atoms with Crippen LogP contribution < -0.4 is 10.2 Å². The van der Waals surface area contributed by atoms with Gasteiger partial charge >= 0.3 is 0 Å². The molecule has 2 aliphatic rings. The second kappa shape index (κ2) is 9.18. The van der Waals surface area contributed by atoms with E-state index in [0.717, 1.165) is 45.4 Å². The number of carbonyl (C=O) groups is 1. The Morgan fingerprint density at radius 3 is 2.67 bits per heavy atom. The van der Waals surface area contributed by atoms with Gasteiger partial charge in [0.15, 0.2) is 0 Å². The van der Waals surface area contributed by atoms with Crippen molar-refractivity contribution < 1.29 is 4.79 Å². The third kappa shape index (κ3) is 4.36. The molecular weight excluding hydrogens is 410 g/mol. The molecular formula is C27H35N5O. The molecule has 6 nitrogen and oxygen atoms in total. The van der Waals surface area contributed by atoms with E-state index in [4.69, 9.17) is 0 Å². The third-order valence-corrected chi connectivity index (χ3v) is 8.03. The molecule has 1 aromatic carbocycles. The van der Waals surface area contributed by atoms with E-state index >= 15 is 0 Å². The van der Waals surface area contributed by atoms with E-state index in [9.17, 15) is 4.79 Å². The van der Waals surface area contributed by atoms with Crippen molar-refractivity contribution in [3.05, 3.63) is 54.7 Å². The number of amides is 1. The van der Waals surface area contributed by atoms with Crippen LogP contribution in [0.1, 0.15) is 39.5 Å². The number of H-pyrrole nitrogens is 1. The fourth-order valence-corrected chi connectivity index (χ4v) is 5.96. The summed E-state index contributed by atoms with van der Waals surface area (Å²) in [5, 5.41) is 4.36. The Labute approximate surface area is 196 Å². The van der Waals surface area contributed by atoms with Crippen LogP contribution in [0.25, 0.3) is 10.9 Å². The van der Waals surface area contributed by atoms with Crippen LogP contribution in [0.2, 0.25) is 0 Å². The highest BCUT2D eigenvalue weighted by molar-refractivity contribution is 5.94. The highest BCUT2D eigenvalue weighted by Crippen LogP contribution is 2.45. The van der Waals surface area contributed by atoms with E-state index < -0.39 is 0 Å². The molecule has 33 heavy (non-hydrogen) atoms. The number of piperazine rings is 1. The maximum Gasteiger partial charge on any atom is 0.231 e. The van der Waals surface area contributed by atoms with Crippen molar-refractivity contribution in [3.63, 3.8) is 0 Å². The number of pyridine rings is 1. The number of nitrogens with one attached hydrogen (secondary N) is 2. The van der Waals surface area contributed by atoms with E-state index in [1.807, 2.05) is 18.2 Å². The highest BCUT2D eigenvalue weighted by atomic mass is 16.2. The van der Waals surface area contributed by atoms with Crippen LogP contribution in [0.15, 0.2) is 54.7 Å². The molecule has 1 aliphatic heterocycles. The fraction of sp³-hybridized carbons (Fsp3) is 0.481. The second-order valence-electron chi connectivity index (χ2n) is 9.94. The number of carbonyl (C=O) groups excluding carboxylic acids is 1. The standard InChI is InChI=1S/C27H35N5O/c1-20(22-10-5-7-13-27(22,2)26(33)30-24-12-6-8-14-28-24)31-15-17-32(18-16-31)25-19-21-9-3-4-11-23(21)29-25/h3-4,6,8-9,11-12,14,19-20,22,29H,5,7,10,13,15-18H2,1-2H3,(H,28,30,33). The predicted molar refractivity (Wildman–Crippen MR) is 134 cm³/mol. The lowest BCUT2D eigenvalue weighted by atomic mass is 9.64. The van der Waals surface area contributed by atoms with Gasteiger partial charge < -0.3 is 15.2 Å². The molecule has 2 aromatic heterocycles. The molecule has 3 aromatic rings. The van der Waals surface area contributed by atoms with Crippen molar-refractivity contribution in [2.45, 2.75) is 45.6 Å². The maximum absolute atomic E-state index is 13.4. The van der Waals surface area contributed by atoms with E-state index in [1.54, 1.807) is 6.20 Å². The molecule has 3 atom stereocenters. The Hall–Kier alpha value is -2.86. The van der Waals surface area contributed by atoms with Crippen molar-refractivity contribution in [2.75, 3.05) is 36.4 Å². The average molecular weight is 446 g/mol. The Kier molecular flexibility index (Phi) is 6.11. The zero-order chi connectivity index (χ0) is 22.8. The van der Waals surface area contributed by atoms with Crippen molar-refractivity contribution >= 4 is 28.4 Å². The molecule has 3 unspecified atom stereocenters. The number of anilines is 2. The summed E-state index contributed by atoms with van der Waals surface area (Å²) in [6, 6.07) is 16.7. The van der Waals surface area contributed by atoms with Crippen LogP contribution in [-0.4, -0.2) is 53.0 Å². The molecule has 0 spiro atoms. The molecule has 6 heteroatoms. The Morgan fingerprint density at radius 1 is 1.12 bits per heavy atom. The summed E-state index contributed by atoms with van der Waals surface area (Å²) in [6.45, 7) is 8.55. The van der Waals surface area contributed by atoms with Gasteiger partial charge in [-0.1, -0.05) is 44.0 Å². The number of hydrogen-bond acceptors (Lipinski definition) is 4. The Balaban J connectivity index is 1.25. The summed E-state index contributed by atoms with van der Waals surface area (Å²) in [7, 11) is 0. The molecule has 2 fully saturated rings. The summed E-state index contributed by atoms with van der Waals surface area (Å²) >= 11 is 0. The van der Waals surface area contributed by atoms with Crippen LogP contribution >= 0.6 is 0 Å². The van der Waals surface area contributed by atoms with Gasteiger partial charge in [0.25, 0.3) is 0 Å². The maximum atomic E-state index is 13.4. The van der Waals surface area contributed by atoms with Gasteiger partial charge in [-0.25, -0.2) is 4.98 Å². The SMILES string of the molecule is CC(C1CCCCC1(C)C(=O)Nc1ccccn1)N1CCN(c2cc3ccccc3[nH]2)CC1. The highest BCUT2D eigenvalue weighted by Gasteiger charge is 2.46. The molecule has 3 heterocycles. The topological polar surface area (TPSA) is 64.3 Å². The smallest absolute Gasteiger partial charge is 0.231 e. The second-order valence-corrected chi connectivity index (χ2v) is 9.94. The number of aromatic amines is 1. The zero-order valence-corrected chi connectivity index (χ0v) is 19.8. The molecule has 0 radical (unpaired) electrons. The monoisotopic (exact) mass is 445 g/mol. The van der Waals surface area contributed by atoms with Crippen LogP contribution in [0.5, 0.6) is 0 Å². The molecule has 1 saturated carbocycles. The van der Waals surface area contributed by atoms with Gasteiger partial charge in [-0.2, -0.15) is 0 Å². The number of hydrogen-bond donors (Lipinski definition) is 2.